The first-order valence-corrected chi connectivity index (χ1v) is 6.85. The van der Waals surface area contributed by atoms with Gasteiger partial charge in [0.25, 0.3) is 0 Å². The van der Waals surface area contributed by atoms with Gasteiger partial charge in [-0.3, -0.25) is 0 Å². The van der Waals surface area contributed by atoms with Gasteiger partial charge in [0.2, 0.25) is 5.75 Å². The van der Waals surface area contributed by atoms with Crippen molar-refractivity contribution in [1.82, 2.24) is 0 Å². The molecule has 0 spiro atoms. The maximum absolute atomic E-state index is 10.2. The second kappa shape index (κ2) is 7.56. The molecule has 0 aliphatic rings. The summed E-state index contributed by atoms with van der Waals surface area (Å²) in [5.74, 6) is 2.32. The third kappa shape index (κ3) is 3.62. The third-order valence-electron chi connectivity index (χ3n) is 3.27. The summed E-state index contributed by atoms with van der Waals surface area (Å²) in [6.07, 6.45) is -0.763. The molecule has 1 unspecified atom stereocenters. The van der Waals surface area contributed by atoms with E-state index in [1.807, 2.05) is 6.07 Å². The standard InChI is InChI=1S/C17H20O5/c1-19-13-9-7-12(8-10-13)14(18)11-22-17-15(20-2)5-4-6-16(17)21-3/h4-10,14,18H,11H2,1-3H3. The minimum atomic E-state index is -0.763. The monoisotopic (exact) mass is 304 g/mol. The van der Waals surface area contributed by atoms with E-state index in [-0.39, 0.29) is 6.61 Å². The lowest BCUT2D eigenvalue weighted by Gasteiger charge is -2.17. The highest BCUT2D eigenvalue weighted by atomic mass is 16.5. The molecule has 0 heterocycles. The highest BCUT2D eigenvalue weighted by Gasteiger charge is 2.14. The third-order valence-corrected chi connectivity index (χ3v) is 3.27. The van der Waals surface area contributed by atoms with Crippen molar-refractivity contribution in [3.63, 3.8) is 0 Å². The van der Waals surface area contributed by atoms with E-state index in [0.29, 0.717) is 17.2 Å². The Morgan fingerprint density at radius 3 is 1.95 bits per heavy atom. The molecular weight excluding hydrogens is 284 g/mol. The fraction of sp³-hybridized carbons (Fsp3) is 0.294. The van der Waals surface area contributed by atoms with Gasteiger partial charge in [-0.2, -0.15) is 0 Å². The molecule has 0 amide bonds. The smallest absolute Gasteiger partial charge is 0.203 e. The van der Waals surface area contributed by atoms with Crippen molar-refractivity contribution in [3.8, 4) is 23.0 Å². The zero-order chi connectivity index (χ0) is 15.9. The summed E-state index contributed by atoms with van der Waals surface area (Å²) in [7, 11) is 4.71. The molecule has 0 bridgehead atoms. The Balaban J connectivity index is 2.08. The lowest BCUT2D eigenvalue weighted by atomic mass is 10.1. The van der Waals surface area contributed by atoms with Crippen LogP contribution in [0.1, 0.15) is 11.7 Å². The van der Waals surface area contributed by atoms with Crippen LogP contribution in [0.15, 0.2) is 42.5 Å². The van der Waals surface area contributed by atoms with E-state index in [4.69, 9.17) is 18.9 Å². The number of aliphatic hydroxyl groups excluding tert-OH is 1. The first-order chi connectivity index (χ1) is 10.7. The van der Waals surface area contributed by atoms with Crippen LogP contribution in [0.3, 0.4) is 0 Å². The predicted molar refractivity (Wildman–Crippen MR) is 83.0 cm³/mol. The number of benzene rings is 2. The normalized spacial score (nSPS) is 11.6. The summed E-state index contributed by atoms with van der Waals surface area (Å²) in [5, 5.41) is 10.2. The van der Waals surface area contributed by atoms with Gasteiger partial charge in [0, 0.05) is 0 Å². The highest BCUT2D eigenvalue weighted by molar-refractivity contribution is 5.51. The lowest BCUT2D eigenvalue weighted by Crippen LogP contribution is -2.10. The summed E-state index contributed by atoms with van der Waals surface area (Å²) in [6.45, 7) is 0.0864. The highest BCUT2D eigenvalue weighted by Crippen LogP contribution is 2.37. The average Bonchev–Trinajstić information content (AvgIpc) is 2.59. The van der Waals surface area contributed by atoms with Crippen LogP contribution in [0, 0.1) is 0 Å². The average molecular weight is 304 g/mol. The summed E-state index contributed by atoms with van der Waals surface area (Å²) >= 11 is 0. The lowest BCUT2D eigenvalue weighted by molar-refractivity contribution is 0.104. The molecule has 0 saturated heterocycles. The summed E-state index contributed by atoms with van der Waals surface area (Å²) in [4.78, 5) is 0. The van der Waals surface area contributed by atoms with Gasteiger partial charge in [-0.15, -0.1) is 0 Å². The maximum atomic E-state index is 10.2. The molecule has 2 aromatic rings. The fourth-order valence-electron chi connectivity index (χ4n) is 2.04. The summed E-state index contributed by atoms with van der Waals surface area (Å²) in [5.41, 5.74) is 0.745. The van der Waals surface area contributed by atoms with Crippen LogP contribution in [0.4, 0.5) is 0 Å². The Labute approximate surface area is 130 Å². The fourth-order valence-corrected chi connectivity index (χ4v) is 2.04. The van der Waals surface area contributed by atoms with Crippen LogP contribution in [0.25, 0.3) is 0 Å². The molecule has 22 heavy (non-hydrogen) atoms. The zero-order valence-electron chi connectivity index (χ0n) is 12.9. The zero-order valence-corrected chi connectivity index (χ0v) is 12.9. The largest absolute Gasteiger partial charge is 0.497 e. The van der Waals surface area contributed by atoms with Gasteiger partial charge in [0.05, 0.1) is 21.3 Å². The predicted octanol–water partition coefficient (Wildman–Crippen LogP) is 2.82. The molecule has 0 radical (unpaired) electrons. The first kappa shape index (κ1) is 16.0. The molecule has 5 nitrogen and oxygen atoms in total. The molecule has 0 aliphatic carbocycles. The Morgan fingerprint density at radius 1 is 0.864 bits per heavy atom. The minimum absolute atomic E-state index is 0.0864. The molecule has 0 fully saturated rings. The van der Waals surface area contributed by atoms with E-state index in [9.17, 15) is 5.11 Å². The second-order valence-electron chi connectivity index (χ2n) is 4.59. The molecule has 118 valence electrons. The van der Waals surface area contributed by atoms with Crippen molar-refractivity contribution >= 4 is 0 Å². The van der Waals surface area contributed by atoms with Gasteiger partial charge >= 0.3 is 0 Å². The Morgan fingerprint density at radius 2 is 1.45 bits per heavy atom. The minimum Gasteiger partial charge on any atom is -0.497 e. The number of para-hydroxylation sites is 1. The van der Waals surface area contributed by atoms with Crippen molar-refractivity contribution in [3.05, 3.63) is 48.0 Å². The van der Waals surface area contributed by atoms with E-state index < -0.39 is 6.10 Å². The van der Waals surface area contributed by atoms with Gasteiger partial charge in [-0.1, -0.05) is 18.2 Å². The Bertz CT molecular complexity index is 572. The quantitative estimate of drug-likeness (QED) is 0.852. The van der Waals surface area contributed by atoms with Crippen LogP contribution in [0.2, 0.25) is 0 Å². The van der Waals surface area contributed by atoms with E-state index in [1.165, 1.54) is 0 Å². The van der Waals surface area contributed by atoms with Crippen molar-refractivity contribution in [1.29, 1.82) is 0 Å². The number of rotatable bonds is 7. The van der Waals surface area contributed by atoms with E-state index in [2.05, 4.69) is 0 Å². The van der Waals surface area contributed by atoms with E-state index >= 15 is 0 Å². The van der Waals surface area contributed by atoms with Gasteiger partial charge < -0.3 is 24.1 Å². The molecule has 2 aromatic carbocycles. The Kier molecular flexibility index (Phi) is 5.49. The number of methoxy groups -OCH3 is 3. The second-order valence-corrected chi connectivity index (χ2v) is 4.59. The topological polar surface area (TPSA) is 57.2 Å². The van der Waals surface area contributed by atoms with Gasteiger partial charge in [-0.25, -0.2) is 0 Å². The number of hydrogen-bond acceptors (Lipinski definition) is 5. The first-order valence-electron chi connectivity index (χ1n) is 6.85. The SMILES string of the molecule is COc1ccc(C(O)COc2c(OC)cccc2OC)cc1. The van der Waals surface area contributed by atoms with Gasteiger partial charge in [-0.05, 0) is 29.8 Å². The van der Waals surface area contributed by atoms with E-state index in [0.717, 1.165) is 11.3 Å². The molecule has 0 saturated carbocycles. The summed E-state index contributed by atoms with van der Waals surface area (Å²) < 4.78 is 21.3. The number of aliphatic hydroxyl groups is 1. The van der Waals surface area contributed by atoms with Crippen molar-refractivity contribution in [2.24, 2.45) is 0 Å². The van der Waals surface area contributed by atoms with Crippen molar-refractivity contribution in [2.45, 2.75) is 6.10 Å². The van der Waals surface area contributed by atoms with Crippen LogP contribution in [-0.4, -0.2) is 33.0 Å². The van der Waals surface area contributed by atoms with Crippen LogP contribution in [0.5, 0.6) is 23.0 Å². The van der Waals surface area contributed by atoms with Gasteiger partial charge in [0.1, 0.15) is 18.5 Å². The molecule has 5 heteroatoms. The number of ether oxygens (including phenoxy) is 4. The van der Waals surface area contributed by atoms with Crippen LogP contribution >= 0.6 is 0 Å². The van der Waals surface area contributed by atoms with Gasteiger partial charge in [0.15, 0.2) is 11.5 Å². The summed E-state index contributed by atoms with van der Waals surface area (Å²) in [6, 6.07) is 12.5. The molecule has 0 aromatic heterocycles. The molecule has 0 aliphatic heterocycles. The molecule has 1 N–H and O–H groups in total. The molecular formula is C17H20O5. The van der Waals surface area contributed by atoms with Crippen LogP contribution < -0.4 is 18.9 Å². The van der Waals surface area contributed by atoms with Crippen molar-refractivity contribution in [2.75, 3.05) is 27.9 Å². The molecule has 2 rings (SSSR count). The maximum Gasteiger partial charge on any atom is 0.203 e. The number of hydrogen-bond donors (Lipinski definition) is 1. The van der Waals surface area contributed by atoms with E-state index in [1.54, 1.807) is 57.7 Å². The van der Waals surface area contributed by atoms with Crippen LogP contribution in [-0.2, 0) is 0 Å². The molecule has 1 atom stereocenters. The van der Waals surface area contributed by atoms with Crippen molar-refractivity contribution < 1.29 is 24.1 Å². The Hall–Kier alpha value is -2.40.